The van der Waals surface area contributed by atoms with Crippen LogP contribution in [-0.2, 0) is 37.1 Å². The van der Waals surface area contributed by atoms with Crippen LogP contribution in [0.25, 0.3) is 10.9 Å². The molecule has 14 nitrogen and oxygen atoms in total. The third-order valence-corrected chi connectivity index (χ3v) is 13.3. The van der Waals surface area contributed by atoms with Crippen molar-refractivity contribution in [3.63, 3.8) is 0 Å². The Morgan fingerprint density at radius 2 is 1.77 bits per heavy atom. The van der Waals surface area contributed by atoms with E-state index in [1.807, 2.05) is 23.1 Å². The lowest BCUT2D eigenvalue weighted by Crippen LogP contribution is -2.58. The van der Waals surface area contributed by atoms with Crippen molar-refractivity contribution in [3.8, 4) is 6.07 Å². The number of nitrogens with zero attached hydrogens (tertiary/aromatic N) is 7. The zero-order valence-corrected chi connectivity index (χ0v) is 36.1. The summed E-state index contributed by atoms with van der Waals surface area (Å²) >= 11 is 4.77. The third kappa shape index (κ3) is 9.03. The Balaban J connectivity index is 0.860. The molecule has 0 radical (unpaired) electrons. The Hall–Kier alpha value is -4.54. The van der Waals surface area contributed by atoms with Crippen molar-refractivity contribution in [2.75, 3.05) is 43.0 Å². The van der Waals surface area contributed by atoms with E-state index in [0.717, 1.165) is 74.8 Å². The number of ether oxygens (including phenoxy) is 1. The fraction of sp³-hybridized carbons (Fsp3) is 0.581. The van der Waals surface area contributed by atoms with Gasteiger partial charge in [0.2, 0.25) is 23.6 Å². The number of fused-ring (bicyclic) bond motifs is 1. The Kier molecular flexibility index (Phi) is 12.9. The van der Waals surface area contributed by atoms with Crippen molar-refractivity contribution in [1.29, 1.82) is 5.26 Å². The smallest absolute Gasteiger partial charge is 0.378 e. The predicted molar refractivity (Wildman–Crippen MR) is 225 cm³/mol. The first-order valence-electron chi connectivity index (χ1n) is 21.0. The number of piperazine rings is 1. The first-order valence-corrected chi connectivity index (χ1v) is 21.5. The molecule has 4 heterocycles. The molecule has 328 valence electrons. The number of alkyl halides is 3. The number of thiol groups is 1. The second kappa shape index (κ2) is 17.7. The summed E-state index contributed by atoms with van der Waals surface area (Å²) in [6, 6.07) is 10.7. The molecule has 1 aliphatic carbocycles. The van der Waals surface area contributed by atoms with Gasteiger partial charge in [0.05, 0.1) is 58.2 Å². The van der Waals surface area contributed by atoms with Crippen LogP contribution in [0.4, 0.5) is 24.5 Å². The molecule has 4 amide bonds. The molecule has 3 aliphatic heterocycles. The maximum atomic E-state index is 13.8. The highest BCUT2D eigenvalue weighted by molar-refractivity contribution is 7.81. The first kappa shape index (κ1) is 44.5. The normalized spacial score (nSPS) is 26.8. The lowest BCUT2D eigenvalue weighted by molar-refractivity contribution is -0.138. The van der Waals surface area contributed by atoms with Crippen molar-refractivity contribution in [2.24, 2.45) is 7.05 Å². The van der Waals surface area contributed by atoms with Gasteiger partial charge in [0.1, 0.15) is 5.50 Å². The summed E-state index contributed by atoms with van der Waals surface area (Å²) in [4.78, 5) is 59.4. The molecule has 4 aliphatic rings. The Labute approximate surface area is 359 Å². The van der Waals surface area contributed by atoms with Crippen LogP contribution in [0.2, 0.25) is 0 Å². The zero-order chi connectivity index (χ0) is 44.0. The van der Waals surface area contributed by atoms with Gasteiger partial charge in [-0.2, -0.15) is 23.5 Å². The van der Waals surface area contributed by atoms with Crippen LogP contribution in [0.5, 0.6) is 0 Å². The molecule has 4 fully saturated rings. The molecule has 3 saturated heterocycles. The minimum atomic E-state index is -4.74. The lowest BCUT2D eigenvalue weighted by Gasteiger charge is -2.44. The minimum Gasteiger partial charge on any atom is -0.378 e. The second-order valence-electron chi connectivity index (χ2n) is 17.4. The molecular weight excluding hydrogens is 812 g/mol. The van der Waals surface area contributed by atoms with Gasteiger partial charge in [-0.1, -0.05) is 12.1 Å². The number of nitriles is 1. The summed E-state index contributed by atoms with van der Waals surface area (Å²) < 4.78 is 49.3. The van der Waals surface area contributed by atoms with E-state index < -0.39 is 34.3 Å². The molecule has 2 aromatic carbocycles. The third-order valence-electron chi connectivity index (χ3n) is 12.8. The van der Waals surface area contributed by atoms with Crippen LogP contribution in [0.15, 0.2) is 36.4 Å². The van der Waals surface area contributed by atoms with Crippen molar-refractivity contribution in [1.82, 2.24) is 29.8 Å². The topological polar surface area (TPSA) is 156 Å². The number of aromatic nitrogens is 2. The van der Waals surface area contributed by atoms with E-state index in [4.69, 9.17) is 17.4 Å². The largest absolute Gasteiger partial charge is 0.417 e. The highest BCUT2D eigenvalue weighted by atomic mass is 32.1. The zero-order valence-electron chi connectivity index (χ0n) is 35.2. The first-order chi connectivity index (χ1) is 28.9. The van der Waals surface area contributed by atoms with E-state index >= 15 is 0 Å². The van der Waals surface area contributed by atoms with Crippen molar-refractivity contribution in [2.45, 2.75) is 120 Å². The maximum Gasteiger partial charge on any atom is 0.417 e. The lowest BCUT2D eigenvalue weighted by atomic mass is 9.89. The van der Waals surface area contributed by atoms with E-state index in [-0.39, 0.29) is 66.5 Å². The van der Waals surface area contributed by atoms with Crippen LogP contribution in [0.3, 0.4) is 0 Å². The van der Waals surface area contributed by atoms with Gasteiger partial charge in [0.15, 0.2) is 0 Å². The quantitative estimate of drug-likeness (QED) is 0.130. The SMILES string of the molecule is C[C@@H]1CN(CCCOC2CCC(N3C(S)N(c4ccc(C#N)c(C(F)(F)F)c4)C(=O)C3(C)C)CC2)C[C@H](C)N1CC(=O)Nc1cccc2c(C3CCC(=O)NC3=O)nn(C)c12. The fourth-order valence-corrected chi connectivity index (χ4v) is 10.6. The van der Waals surface area contributed by atoms with E-state index in [1.165, 1.54) is 11.0 Å². The highest BCUT2D eigenvalue weighted by Gasteiger charge is 2.54. The van der Waals surface area contributed by atoms with Crippen molar-refractivity contribution >= 4 is 58.5 Å². The summed E-state index contributed by atoms with van der Waals surface area (Å²) in [6.07, 6.45) is -0.130. The summed E-state index contributed by atoms with van der Waals surface area (Å²) in [5.74, 6) is -1.67. The van der Waals surface area contributed by atoms with Gasteiger partial charge in [-0.3, -0.25) is 43.9 Å². The molecule has 3 aromatic rings. The number of amides is 4. The summed E-state index contributed by atoms with van der Waals surface area (Å²) in [5.41, 5.74) is -1.38. The van der Waals surface area contributed by atoms with Gasteiger partial charge in [-0.25, -0.2) is 0 Å². The van der Waals surface area contributed by atoms with Crippen LogP contribution in [-0.4, -0.2) is 116 Å². The number of imide groups is 1. The number of rotatable bonds is 11. The monoisotopic (exact) mass is 865 g/mol. The van der Waals surface area contributed by atoms with Gasteiger partial charge in [0.25, 0.3) is 0 Å². The number of carbonyl (C=O) groups excluding carboxylic acids is 4. The molecule has 1 saturated carbocycles. The van der Waals surface area contributed by atoms with Crippen LogP contribution >= 0.6 is 12.6 Å². The molecule has 1 aromatic heterocycles. The summed E-state index contributed by atoms with van der Waals surface area (Å²) in [6.45, 7) is 11.1. The molecular formula is C43H54F3N9O5S. The van der Waals surface area contributed by atoms with E-state index in [0.29, 0.717) is 24.4 Å². The standard InChI is InChI=1S/C43H54F3N9O5S/c1-25-22-52(23-26(2)53(25)24-36(57)48-34-9-6-8-31-37(50-51(5)38(31)34)32-16-17-35(56)49-39(32)58)18-7-19-60-30-14-12-28(13-15-30)55-41(61)54(40(59)42(55,3)4)29-11-10-27(21-47)33(20-29)43(44,45)46/h6,8-11,20,25-26,28,30,32,41,61H,7,12-19,22-24H2,1-5H3,(H,48,57)(H,49,56,58)/t25-,26+,28?,30?,32?,41?. The number of aryl methyl sites for hydroxylation is 1. The van der Waals surface area contributed by atoms with Crippen LogP contribution in [0, 0.1) is 11.3 Å². The molecule has 7 rings (SSSR count). The molecule has 2 N–H and O–H groups in total. The molecule has 0 spiro atoms. The highest BCUT2D eigenvalue weighted by Crippen LogP contribution is 2.43. The Bertz CT molecular complexity index is 2210. The van der Waals surface area contributed by atoms with E-state index in [2.05, 4.69) is 39.4 Å². The number of benzene rings is 2. The van der Waals surface area contributed by atoms with Crippen LogP contribution in [0.1, 0.15) is 95.4 Å². The minimum absolute atomic E-state index is 0.0187. The van der Waals surface area contributed by atoms with Gasteiger partial charge >= 0.3 is 6.18 Å². The summed E-state index contributed by atoms with van der Waals surface area (Å²) in [7, 11) is 1.78. The Morgan fingerprint density at radius 1 is 1.07 bits per heavy atom. The van der Waals surface area contributed by atoms with Gasteiger partial charge in [0, 0.05) is 68.9 Å². The van der Waals surface area contributed by atoms with E-state index in [1.54, 1.807) is 31.6 Å². The number of nitrogens with one attached hydrogen (secondary N) is 2. The molecule has 61 heavy (non-hydrogen) atoms. The molecule has 4 atom stereocenters. The van der Waals surface area contributed by atoms with Crippen LogP contribution < -0.4 is 15.5 Å². The number of hydrogen-bond donors (Lipinski definition) is 3. The molecule has 2 unspecified atom stereocenters. The number of anilines is 2. The number of halogens is 3. The fourth-order valence-electron chi connectivity index (χ4n) is 9.85. The van der Waals surface area contributed by atoms with Crippen molar-refractivity contribution in [3.05, 3.63) is 53.2 Å². The number of carbonyl (C=O) groups is 4. The second-order valence-corrected chi connectivity index (χ2v) is 17.8. The summed E-state index contributed by atoms with van der Waals surface area (Å²) in [5, 5.41) is 20.1. The number of hydrogen-bond acceptors (Lipinski definition) is 11. The average molecular weight is 866 g/mol. The van der Waals surface area contributed by atoms with Gasteiger partial charge < -0.3 is 15.0 Å². The van der Waals surface area contributed by atoms with E-state index in [9.17, 15) is 37.6 Å². The Morgan fingerprint density at radius 3 is 2.43 bits per heavy atom. The van der Waals surface area contributed by atoms with Gasteiger partial charge in [-0.05, 0) is 90.5 Å². The average Bonchev–Trinajstić information content (AvgIpc) is 3.62. The number of piperidine rings is 1. The van der Waals surface area contributed by atoms with Crippen molar-refractivity contribution < 1.29 is 37.1 Å². The van der Waals surface area contributed by atoms with Gasteiger partial charge in [-0.15, -0.1) is 12.6 Å². The molecule has 0 bridgehead atoms. The maximum absolute atomic E-state index is 13.8. The predicted octanol–water partition coefficient (Wildman–Crippen LogP) is 5.38. The number of para-hydroxylation sites is 1. The molecule has 18 heteroatoms.